The van der Waals surface area contributed by atoms with Crippen molar-refractivity contribution in [3.05, 3.63) is 71.4 Å². The van der Waals surface area contributed by atoms with Gasteiger partial charge < -0.3 is 14.8 Å². The van der Waals surface area contributed by atoms with Crippen LogP contribution in [-0.2, 0) is 16.1 Å². The van der Waals surface area contributed by atoms with E-state index in [2.05, 4.69) is 16.4 Å². The number of esters is 1. The average molecular weight is 434 g/mol. The Bertz CT molecular complexity index is 1150. The molecule has 3 aromatic rings. The molecule has 2 heterocycles. The number of fused-ring (bicyclic) bond motifs is 1. The van der Waals surface area contributed by atoms with Crippen LogP contribution < -0.4 is 10.1 Å². The van der Waals surface area contributed by atoms with Crippen molar-refractivity contribution in [2.24, 2.45) is 0 Å². The Morgan fingerprint density at radius 3 is 2.69 bits per heavy atom. The molecule has 32 heavy (non-hydrogen) atoms. The summed E-state index contributed by atoms with van der Waals surface area (Å²) in [6.45, 7) is 3.11. The first kappa shape index (κ1) is 21.8. The maximum Gasteiger partial charge on any atom is 0.323 e. The zero-order chi connectivity index (χ0) is 22.7. The first-order chi connectivity index (χ1) is 15.5. The molecule has 7 heteroatoms. The number of aromatic nitrogens is 1. The number of para-hydroxylation sites is 1. The van der Waals surface area contributed by atoms with E-state index in [0.717, 1.165) is 27.8 Å². The largest absolute Gasteiger partial charge is 0.496 e. The Labute approximate surface area is 187 Å². The molecule has 0 aliphatic carbocycles. The van der Waals surface area contributed by atoms with Gasteiger partial charge in [-0.1, -0.05) is 36.4 Å². The van der Waals surface area contributed by atoms with Crippen molar-refractivity contribution in [3.63, 3.8) is 0 Å². The predicted octanol–water partition coefficient (Wildman–Crippen LogP) is 3.10. The van der Waals surface area contributed by atoms with Crippen molar-refractivity contribution in [1.82, 2.24) is 15.2 Å². The minimum atomic E-state index is -0.419. The van der Waals surface area contributed by atoms with Crippen LogP contribution in [0.3, 0.4) is 0 Å². The number of carbonyl (C=O) groups excluding carboxylic acids is 2. The first-order valence-electron chi connectivity index (χ1n) is 10.6. The summed E-state index contributed by atoms with van der Waals surface area (Å²) < 4.78 is 10.4. The van der Waals surface area contributed by atoms with Crippen LogP contribution in [0.4, 0.5) is 0 Å². The van der Waals surface area contributed by atoms with Gasteiger partial charge in [0, 0.05) is 24.5 Å². The third kappa shape index (κ3) is 4.57. The van der Waals surface area contributed by atoms with E-state index >= 15 is 0 Å². The highest BCUT2D eigenvalue weighted by Gasteiger charge is 2.38. The minimum absolute atomic E-state index is 0.181. The quantitative estimate of drug-likeness (QED) is 0.602. The van der Waals surface area contributed by atoms with Crippen molar-refractivity contribution < 1.29 is 19.1 Å². The molecule has 2 aromatic carbocycles. The SMILES string of the molecule is COC(=O)[C@@H]1C[C@@H](NC(=O)c2ccc3ccccc3n2)CN1Cc1ccc(OC)c(C)c1. The average Bonchev–Trinajstić information content (AvgIpc) is 3.20. The molecule has 7 nitrogen and oxygen atoms in total. The van der Waals surface area contributed by atoms with Crippen LogP contribution in [-0.4, -0.2) is 54.6 Å². The zero-order valence-corrected chi connectivity index (χ0v) is 18.5. The van der Waals surface area contributed by atoms with Crippen molar-refractivity contribution in [3.8, 4) is 5.75 Å². The lowest BCUT2D eigenvalue weighted by Crippen LogP contribution is -2.38. The fourth-order valence-electron chi connectivity index (χ4n) is 4.29. The van der Waals surface area contributed by atoms with E-state index in [1.165, 1.54) is 7.11 Å². The van der Waals surface area contributed by atoms with E-state index in [-0.39, 0.29) is 17.9 Å². The number of carbonyl (C=O) groups is 2. The van der Waals surface area contributed by atoms with Crippen LogP contribution in [0.2, 0.25) is 0 Å². The van der Waals surface area contributed by atoms with Gasteiger partial charge >= 0.3 is 5.97 Å². The van der Waals surface area contributed by atoms with E-state index < -0.39 is 6.04 Å². The Hall–Kier alpha value is -3.45. The van der Waals surface area contributed by atoms with E-state index in [1.54, 1.807) is 13.2 Å². The molecule has 0 bridgehead atoms. The van der Waals surface area contributed by atoms with Gasteiger partial charge in [0.25, 0.3) is 5.91 Å². The summed E-state index contributed by atoms with van der Waals surface area (Å²) in [6.07, 6.45) is 0.487. The van der Waals surface area contributed by atoms with E-state index in [4.69, 9.17) is 9.47 Å². The minimum Gasteiger partial charge on any atom is -0.496 e. The van der Waals surface area contributed by atoms with Gasteiger partial charge in [0.05, 0.1) is 19.7 Å². The van der Waals surface area contributed by atoms with Crippen LogP contribution in [0, 0.1) is 6.92 Å². The fraction of sp³-hybridized carbons (Fsp3) is 0.320. The molecule has 1 N–H and O–H groups in total. The number of nitrogens with one attached hydrogen (secondary N) is 1. The van der Waals surface area contributed by atoms with Gasteiger partial charge in [-0.25, -0.2) is 4.98 Å². The summed E-state index contributed by atoms with van der Waals surface area (Å²) in [4.78, 5) is 31.8. The Morgan fingerprint density at radius 2 is 1.94 bits per heavy atom. The number of rotatable bonds is 6. The molecule has 1 fully saturated rings. The number of nitrogens with zero attached hydrogens (tertiary/aromatic N) is 2. The van der Waals surface area contributed by atoms with Crippen LogP contribution in [0.1, 0.15) is 28.0 Å². The van der Waals surface area contributed by atoms with Crippen molar-refractivity contribution >= 4 is 22.8 Å². The first-order valence-corrected chi connectivity index (χ1v) is 10.6. The number of aryl methyl sites for hydroxylation is 1. The summed E-state index contributed by atoms with van der Waals surface area (Å²) in [5.74, 6) is 0.287. The number of benzene rings is 2. The second-order valence-corrected chi connectivity index (χ2v) is 8.07. The van der Waals surface area contributed by atoms with Gasteiger partial charge in [0.2, 0.25) is 0 Å². The smallest absolute Gasteiger partial charge is 0.323 e. The molecule has 0 saturated carbocycles. The van der Waals surface area contributed by atoms with Crippen molar-refractivity contribution in [1.29, 1.82) is 0 Å². The Morgan fingerprint density at radius 1 is 1.12 bits per heavy atom. The van der Waals surface area contributed by atoms with Gasteiger partial charge in [0.15, 0.2) is 0 Å². The van der Waals surface area contributed by atoms with Crippen LogP contribution >= 0.6 is 0 Å². The van der Waals surface area contributed by atoms with Crippen molar-refractivity contribution in [2.45, 2.75) is 32.0 Å². The Balaban J connectivity index is 1.48. The normalized spacial score (nSPS) is 18.5. The summed E-state index contributed by atoms with van der Waals surface area (Å²) in [7, 11) is 3.04. The van der Waals surface area contributed by atoms with E-state index in [1.807, 2.05) is 54.3 Å². The van der Waals surface area contributed by atoms with Crippen LogP contribution in [0.15, 0.2) is 54.6 Å². The molecule has 1 aromatic heterocycles. The second-order valence-electron chi connectivity index (χ2n) is 8.07. The number of pyridine rings is 1. The number of amides is 1. The maximum absolute atomic E-state index is 12.8. The molecule has 0 radical (unpaired) electrons. The summed E-state index contributed by atoms with van der Waals surface area (Å²) in [5.41, 5.74) is 3.24. The maximum atomic E-state index is 12.8. The van der Waals surface area contributed by atoms with Gasteiger partial charge in [-0.3, -0.25) is 14.5 Å². The second kappa shape index (κ2) is 9.36. The zero-order valence-electron chi connectivity index (χ0n) is 18.5. The molecule has 1 aliphatic rings. The lowest BCUT2D eigenvalue weighted by molar-refractivity contribution is -0.146. The lowest BCUT2D eigenvalue weighted by Gasteiger charge is -2.22. The molecule has 1 aliphatic heterocycles. The number of ether oxygens (including phenoxy) is 2. The molecule has 166 valence electrons. The number of methoxy groups -OCH3 is 2. The fourth-order valence-corrected chi connectivity index (χ4v) is 4.29. The molecular weight excluding hydrogens is 406 g/mol. The summed E-state index contributed by atoms with van der Waals surface area (Å²) in [5, 5.41) is 4.03. The van der Waals surface area contributed by atoms with Gasteiger partial charge in [-0.15, -0.1) is 0 Å². The third-order valence-corrected chi connectivity index (χ3v) is 5.89. The highest BCUT2D eigenvalue weighted by molar-refractivity contribution is 5.95. The van der Waals surface area contributed by atoms with Crippen LogP contribution in [0.5, 0.6) is 5.75 Å². The Kier molecular flexibility index (Phi) is 6.37. The molecular formula is C25H27N3O4. The summed E-state index contributed by atoms with van der Waals surface area (Å²) >= 11 is 0. The molecule has 2 atom stereocenters. The molecule has 4 rings (SSSR count). The highest BCUT2D eigenvalue weighted by atomic mass is 16.5. The third-order valence-electron chi connectivity index (χ3n) is 5.89. The van der Waals surface area contributed by atoms with Gasteiger partial charge in [0.1, 0.15) is 17.5 Å². The topological polar surface area (TPSA) is 80.8 Å². The number of hydrogen-bond donors (Lipinski definition) is 1. The standard InChI is InChI=1S/C25H27N3O4/c1-16-12-17(8-11-23(16)31-2)14-28-15-19(13-22(28)25(30)32-3)26-24(29)21-10-9-18-6-4-5-7-20(18)27-21/h4-12,19,22H,13-15H2,1-3H3,(H,26,29)/t19-,22+/m1/s1. The van der Waals surface area contributed by atoms with Gasteiger partial charge in [-0.05, 0) is 42.7 Å². The van der Waals surface area contributed by atoms with Gasteiger partial charge in [-0.2, -0.15) is 0 Å². The molecule has 0 spiro atoms. The highest BCUT2D eigenvalue weighted by Crippen LogP contribution is 2.25. The van der Waals surface area contributed by atoms with E-state index in [0.29, 0.717) is 25.2 Å². The monoisotopic (exact) mass is 433 g/mol. The number of likely N-dealkylation sites (tertiary alicyclic amines) is 1. The lowest BCUT2D eigenvalue weighted by atomic mass is 10.1. The molecule has 1 saturated heterocycles. The predicted molar refractivity (Wildman–Crippen MR) is 122 cm³/mol. The summed E-state index contributed by atoms with van der Waals surface area (Å²) in [6, 6.07) is 16.7. The van der Waals surface area contributed by atoms with E-state index in [9.17, 15) is 9.59 Å². The van der Waals surface area contributed by atoms with Crippen molar-refractivity contribution in [2.75, 3.05) is 20.8 Å². The molecule has 1 amide bonds. The number of hydrogen-bond acceptors (Lipinski definition) is 6. The molecule has 0 unspecified atom stereocenters. The van der Waals surface area contributed by atoms with Crippen LogP contribution in [0.25, 0.3) is 10.9 Å².